The average molecular weight is 437 g/mol. The predicted molar refractivity (Wildman–Crippen MR) is 128 cm³/mol. The SMILES string of the molecule is O=C(O)c1ccc(Cc2ccc3ccc(C(=O)OCc4ccc5c(c4)CCN5)cc3c2)cc1. The van der Waals surface area contributed by atoms with Crippen LogP contribution in [0, 0.1) is 0 Å². The Balaban J connectivity index is 1.29. The number of aromatic carboxylic acids is 1. The molecule has 0 atom stereocenters. The highest BCUT2D eigenvalue weighted by Gasteiger charge is 2.12. The number of hydrogen-bond donors (Lipinski definition) is 2. The van der Waals surface area contributed by atoms with E-state index in [1.165, 1.54) is 5.56 Å². The quantitative estimate of drug-likeness (QED) is 0.392. The van der Waals surface area contributed by atoms with Gasteiger partial charge in [-0.2, -0.15) is 0 Å². The van der Waals surface area contributed by atoms with Crippen LogP contribution < -0.4 is 5.32 Å². The van der Waals surface area contributed by atoms with E-state index in [2.05, 4.69) is 17.4 Å². The van der Waals surface area contributed by atoms with Crippen LogP contribution in [0.25, 0.3) is 10.8 Å². The van der Waals surface area contributed by atoms with Crippen molar-refractivity contribution < 1.29 is 19.4 Å². The number of hydrogen-bond acceptors (Lipinski definition) is 4. The van der Waals surface area contributed by atoms with Gasteiger partial charge in [-0.3, -0.25) is 0 Å². The lowest BCUT2D eigenvalue weighted by Crippen LogP contribution is -2.05. The number of carbonyl (C=O) groups excluding carboxylic acids is 1. The lowest BCUT2D eigenvalue weighted by atomic mass is 9.99. The zero-order chi connectivity index (χ0) is 22.8. The highest BCUT2D eigenvalue weighted by atomic mass is 16.5. The molecule has 1 heterocycles. The third-order valence-corrected chi connectivity index (χ3v) is 6.00. The fourth-order valence-electron chi connectivity index (χ4n) is 4.21. The van der Waals surface area contributed by atoms with Crippen LogP contribution in [0.1, 0.15) is 43.0 Å². The summed E-state index contributed by atoms with van der Waals surface area (Å²) >= 11 is 0. The van der Waals surface area contributed by atoms with E-state index in [0.29, 0.717) is 12.0 Å². The number of carboxylic acid groups (broad SMARTS) is 1. The first-order chi connectivity index (χ1) is 16.0. The van der Waals surface area contributed by atoms with Crippen LogP contribution in [0.4, 0.5) is 5.69 Å². The lowest BCUT2D eigenvalue weighted by Gasteiger charge is -2.09. The second-order valence-corrected chi connectivity index (χ2v) is 8.32. The molecule has 0 aromatic heterocycles. The second kappa shape index (κ2) is 8.79. The summed E-state index contributed by atoms with van der Waals surface area (Å²) in [5.41, 5.74) is 6.32. The van der Waals surface area contributed by atoms with Crippen molar-refractivity contribution in [3.8, 4) is 0 Å². The van der Waals surface area contributed by atoms with Gasteiger partial charge >= 0.3 is 11.9 Å². The Morgan fingerprint density at radius 1 is 0.788 bits per heavy atom. The molecule has 0 spiro atoms. The molecule has 0 radical (unpaired) electrons. The highest BCUT2D eigenvalue weighted by molar-refractivity contribution is 5.95. The Morgan fingerprint density at radius 3 is 2.33 bits per heavy atom. The summed E-state index contributed by atoms with van der Waals surface area (Å²) < 4.78 is 5.57. The summed E-state index contributed by atoms with van der Waals surface area (Å²) in [4.78, 5) is 23.7. The van der Waals surface area contributed by atoms with Crippen molar-refractivity contribution in [2.45, 2.75) is 19.4 Å². The maximum absolute atomic E-state index is 12.7. The van der Waals surface area contributed by atoms with Gasteiger partial charge in [-0.15, -0.1) is 0 Å². The van der Waals surface area contributed by atoms with Gasteiger partial charge in [-0.25, -0.2) is 9.59 Å². The molecule has 0 saturated heterocycles. The number of nitrogens with one attached hydrogen (secondary N) is 1. The number of ether oxygens (including phenoxy) is 1. The fourth-order valence-corrected chi connectivity index (χ4v) is 4.21. The molecular formula is C28H23NO4. The molecular weight excluding hydrogens is 414 g/mol. The first-order valence-corrected chi connectivity index (χ1v) is 10.9. The first-order valence-electron chi connectivity index (χ1n) is 10.9. The predicted octanol–water partition coefficient (Wildman–Crippen LogP) is 5.45. The summed E-state index contributed by atoms with van der Waals surface area (Å²) in [7, 11) is 0. The molecule has 164 valence electrons. The van der Waals surface area contributed by atoms with Crippen molar-refractivity contribution >= 4 is 28.4 Å². The molecule has 0 bridgehead atoms. The smallest absolute Gasteiger partial charge is 0.338 e. The minimum atomic E-state index is -0.931. The summed E-state index contributed by atoms with van der Waals surface area (Å²) in [6.07, 6.45) is 1.67. The van der Waals surface area contributed by atoms with E-state index in [9.17, 15) is 9.59 Å². The van der Waals surface area contributed by atoms with Crippen LogP contribution in [-0.4, -0.2) is 23.6 Å². The summed E-state index contributed by atoms with van der Waals surface area (Å²) in [5, 5.41) is 14.4. The van der Waals surface area contributed by atoms with Crippen LogP contribution >= 0.6 is 0 Å². The summed E-state index contributed by atoms with van der Waals surface area (Å²) in [5.74, 6) is -1.27. The molecule has 5 nitrogen and oxygen atoms in total. The van der Waals surface area contributed by atoms with Gasteiger partial charge in [0.05, 0.1) is 11.1 Å². The van der Waals surface area contributed by atoms with Crippen molar-refractivity contribution in [3.05, 3.63) is 112 Å². The van der Waals surface area contributed by atoms with Crippen molar-refractivity contribution in [1.82, 2.24) is 0 Å². The van der Waals surface area contributed by atoms with E-state index >= 15 is 0 Å². The minimum absolute atomic E-state index is 0.247. The van der Waals surface area contributed by atoms with E-state index in [1.807, 2.05) is 48.5 Å². The molecule has 4 aromatic carbocycles. The topological polar surface area (TPSA) is 75.6 Å². The zero-order valence-corrected chi connectivity index (χ0v) is 18.0. The molecule has 0 saturated carbocycles. The summed E-state index contributed by atoms with van der Waals surface area (Å²) in [6, 6.07) is 24.7. The normalized spacial score (nSPS) is 12.2. The average Bonchev–Trinajstić information content (AvgIpc) is 3.30. The van der Waals surface area contributed by atoms with Crippen LogP contribution in [0.2, 0.25) is 0 Å². The third kappa shape index (κ3) is 4.58. The molecule has 0 fully saturated rings. The molecule has 0 unspecified atom stereocenters. The van der Waals surface area contributed by atoms with Crippen molar-refractivity contribution in [2.24, 2.45) is 0 Å². The van der Waals surface area contributed by atoms with Crippen LogP contribution in [0.5, 0.6) is 0 Å². The number of esters is 1. The van der Waals surface area contributed by atoms with Gasteiger partial charge in [0.25, 0.3) is 0 Å². The Bertz CT molecular complexity index is 1360. The van der Waals surface area contributed by atoms with Gasteiger partial charge in [0, 0.05) is 12.2 Å². The van der Waals surface area contributed by atoms with Gasteiger partial charge in [-0.1, -0.05) is 48.5 Å². The minimum Gasteiger partial charge on any atom is -0.478 e. The maximum Gasteiger partial charge on any atom is 0.338 e. The second-order valence-electron chi connectivity index (χ2n) is 8.32. The molecule has 5 rings (SSSR count). The van der Waals surface area contributed by atoms with Gasteiger partial charge in [0.1, 0.15) is 6.61 Å². The molecule has 0 amide bonds. The zero-order valence-electron chi connectivity index (χ0n) is 18.0. The van der Waals surface area contributed by atoms with Gasteiger partial charge in [-0.05, 0) is 76.2 Å². The van der Waals surface area contributed by atoms with Crippen molar-refractivity contribution in [2.75, 3.05) is 11.9 Å². The van der Waals surface area contributed by atoms with Crippen molar-refractivity contribution in [1.29, 1.82) is 0 Å². The van der Waals surface area contributed by atoms with Gasteiger partial charge in [0.2, 0.25) is 0 Å². The number of carbonyl (C=O) groups is 2. The third-order valence-electron chi connectivity index (χ3n) is 6.00. The maximum atomic E-state index is 12.7. The molecule has 1 aliphatic rings. The van der Waals surface area contributed by atoms with E-state index in [4.69, 9.17) is 9.84 Å². The molecule has 4 aromatic rings. The van der Waals surface area contributed by atoms with Crippen LogP contribution in [0.15, 0.2) is 78.9 Å². The largest absolute Gasteiger partial charge is 0.478 e. The molecule has 5 heteroatoms. The van der Waals surface area contributed by atoms with Gasteiger partial charge in [0.15, 0.2) is 0 Å². The Hall–Kier alpha value is -4.12. The molecule has 0 aliphatic carbocycles. The van der Waals surface area contributed by atoms with Crippen LogP contribution in [-0.2, 0) is 24.2 Å². The van der Waals surface area contributed by atoms with E-state index in [1.54, 1.807) is 18.2 Å². The number of carboxylic acids is 1. The number of rotatable bonds is 6. The molecule has 33 heavy (non-hydrogen) atoms. The first kappa shape index (κ1) is 20.8. The number of fused-ring (bicyclic) bond motifs is 2. The monoisotopic (exact) mass is 437 g/mol. The van der Waals surface area contributed by atoms with Crippen molar-refractivity contribution in [3.63, 3.8) is 0 Å². The number of benzene rings is 4. The standard InChI is InChI=1S/C28H23NO4/c30-27(31)22-6-1-18(2-7-22)13-19-3-5-21-8-9-24(16-25(21)14-19)28(32)33-17-20-4-10-26-23(15-20)11-12-29-26/h1-10,14-16,29H,11-13,17H2,(H,30,31). The Morgan fingerprint density at radius 2 is 1.52 bits per heavy atom. The highest BCUT2D eigenvalue weighted by Crippen LogP contribution is 2.24. The number of anilines is 1. The fraction of sp³-hybridized carbons (Fsp3) is 0.143. The van der Waals surface area contributed by atoms with E-state index in [0.717, 1.165) is 46.1 Å². The summed E-state index contributed by atoms with van der Waals surface area (Å²) in [6.45, 7) is 1.20. The molecule has 2 N–H and O–H groups in total. The van der Waals surface area contributed by atoms with E-state index in [-0.39, 0.29) is 18.1 Å². The van der Waals surface area contributed by atoms with E-state index < -0.39 is 5.97 Å². The van der Waals surface area contributed by atoms with Gasteiger partial charge < -0.3 is 15.2 Å². The molecule has 1 aliphatic heterocycles. The lowest BCUT2D eigenvalue weighted by molar-refractivity contribution is 0.0472. The van der Waals surface area contributed by atoms with Crippen LogP contribution in [0.3, 0.4) is 0 Å². The Kier molecular flexibility index (Phi) is 5.53. The Labute approximate surface area is 191 Å².